The molecule has 1 atom stereocenters. The average Bonchev–Trinajstić information content (AvgIpc) is 2.19. The molecule has 6 heteroatoms. The summed E-state index contributed by atoms with van der Waals surface area (Å²) in [5.41, 5.74) is 6.58. The maximum atomic E-state index is 11.4. The number of nitrogens with one attached hydrogen (secondary N) is 1. The Bertz CT molecular complexity index is 423. The molecule has 0 aliphatic carbocycles. The molecule has 0 radical (unpaired) electrons. The molecule has 0 bridgehead atoms. The number of anilines is 2. The predicted octanol–water partition coefficient (Wildman–Crippen LogP) is 1.63. The Morgan fingerprint density at radius 2 is 2.25 bits per heavy atom. The minimum Gasteiger partial charge on any atom is -0.399 e. The van der Waals surface area contributed by atoms with Crippen molar-refractivity contribution >= 4 is 39.7 Å². The second kappa shape index (κ2) is 5.86. The lowest BCUT2D eigenvalue weighted by Crippen LogP contribution is -2.14. The zero-order valence-electron chi connectivity index (χ0n) is 8.83. The zero-order chi connectivity index (χ0) is 12.1. The Kier molecular flexibility index (Phi) is 4.76. The molecule has 0 saturated carbocycles. The van der Waals surface area contributed by atoms with Gasteiger partial charge >= 0.3 is 0 Å². The van der Waals surface area contributed by atoms with Crippen LogP contribution in [0.3, 0.4) is 0 Å². The van der Waals surface area contributed by atoms with E-state index >= 15 is 0 Å². The molecule has 1 amide bonds. The number of benzene rings is 1. The molecule has 0 saturated heterocycles. The summed E-state index contributed by atoms with van der Waals surface area (Å²) in [5, 5.41) is 3.03. The van der Waals surface area contributed by atoms with Crippen molar-refractivity contribution in [3.8, 4) is 0 Å². The molecule has 88 valence electrons. The molecule has 1 rings (SSSR count). The summed E-state index contributed by atoms with van der Waals surface area (Å²) in [6.07, 6.45) is 1.77. The van der Waals surface area contributed by atoms with Crippen LogP contribution in [0.4, 0.5) is 11.4 Å². The van der Waals surface area contributed by atoms with Crippen LogP contribution < -0.4 is 11.1 Å². The van der Waals surface area contributed by atoms with Gasteiger partial charge in [-0.05, 0) is 18.2 Å². The number of hydrogen-bond acceptors (Lipinski definition) is 3. The summed E-state index contributed by atoms with van der Waals surface area (Å²) < 4.78 is 10.8. The molecular formula is C10H13ClN2O2S. The second-order valence-electron chi connectivity index (χ2n) is 3.31. The topological polar surface area (TPSA) is 72.2 Å². The normalized spacial score (nSPS) is 12.1. The van der Waals surface area contributed by atoms with Crippen LogP contribution in [0.25, 0.3) is 0 Å². The van der Waals surface area contributed by atoms with Crippen molar-refractivity contribution in [2.45, 2.75) is 6.42 Å². The van der Waals surface area contributed by atoms with E-state index in [0.717, 1.165) is 0 Å². The van der Waals surface area contributed by atoms with Gasteiger partial charge in [-0.2, -0.15) is 0 Å². The predicted molar refractivity (Wildman–Crippen MR) is 68.0 cm³/mol. The molecule has 0 heterocycles. The average molecular weight is 261 g/mol. The number of carbonyl (C=O) groups is 1. The molecule has 3 N–H and O–H groups in total. The molecule has 0 aliphatic rings. The Labute approximate surface area is 102 Å². The molecular weight excluding hydrogens is 248 g/mol. The van der Waals surface area contributed by atoms with Crippen LogP contribution in [-0.4, -0.2) is 22.1 Å². The zero-order valence-corrected chi connectivity index (χ0v) is 10.4. The van der Waals surface area contributed by atoms with Gasteiger partial charge in [-0.15, -0.1) is 0 Å². The number of carbonyl (C=O) groups excluding carboxylic acids is 1. The first-order valence-electron chi connectivity index (χ1n) is 4.64. The maximum Gasteiger partial charge on any atom is 0.225 e. The highest BCUT2D eigenvalue weighted by Crippen LogP contribution is 2.23. The van der Waals surface area contributed by atoms with Crippen molar-refractivity contribution in [2.24, 2.45) is 0 Å². The molecule has 1 unspecified atom stereocenters. The lowest BCUT2D eigenvalue weighted by molar-refractivity contribution is -0.115. The van der Waals surface area contributed by atoms with Crippen LogP contribution in [0.15, 0.2) is 18.2 Å². The molecule has 4 nitrogen and oxygen atoms in total. The van der Waals surface area contributed by atoms with E-state index in [-0.39, 0.29) is 12.3 Å². The van der Waals surface area contributed by atoms with Crippen molar-refractivity contribution in [3.63, 3.8) is 0 Å². The van der Waals surface area contributed by atoms with Gasteiger partial charge in [0.15, 0.2) is 0 Å². The van der Waals surface area contributed by atoms with Crippen LogP contribution in [0.1, 0.15) is 6.42 Å². The third kappa shape index (κ3) is 4.20. The molecule has 0 aromatic heterocycles. The summed E-state index contributed by atoms with van der Waals surface area (Å²) >= 11 is 5.88. The van der Waals surface area contributed by atoms with E-state index < -0.39 is 10.8 Å². The summed E-state index contributed by atoms with van der Waals surface area (Å²) in [5.74, 6) is 0.139. The third-order valence-electron chi connectivity index (χ3n) is 1.88. The van der Waals surface area contributed by atoms with E-state index in [1.807, 2.05) is 0 Å². The monoisotopic (exact) mass is 260 g/mol. The molecule has 0 spiro atoms. The lowest BCUT2D eigenvalue weighted by Gasteiger charge is -2.07. The number of hydrogen-bond donors (Lipinski definition) is 2. The summed E-state index contributed by atoms with van der Waals surface area (Å²) in [4.78, 5) is 11.4. The van der Waals surface area contributed by atoms with Gasteiger partial charge in [0.1, 0.15) is 0 Å². The van der Waals surface area contributed by atoms with Crippen molar-refractivity contribution in [1.29, 1.82) is 0 Å². The van der Waals surface area contributed by atoms with E-state index in [4.69, 9.17) is 17.3 Å². The fraction of sp³-hybridized carbons (Fsp3) is 0.300. The number of halogens is 1. The summed E-state index contributed by atoms with van der Waals surface area (Å²) in [6, 6.07) is 4.85. The van der Waals surface area contributed by atoms with Crippen molar-refractivity contribution in [3.05, 3.63) is 23.2 Å². The van der Waals surface area contributed by atoms with Gasteiger partial charge in [-0.3, -0.25) is 9.00 Å². The van der Waals surface area contributed by atoms with Gasteiger partial charge in [0.25, 0.3) is 0 Å². The minimum atomic E-state index is -0.967. The van der Waals surface area contributed by atoms with Gasteiger partial charge in [-0.1, -0.05) is 11.6 Å². The molecule has 0 aliphatic heterocycles. The summed E-state index contributed by atoms with van der Waals surface area (Å²) in [7, 11) is -0.967. The maximum absolute atomic E-state index is 11.4. The van der Waals surface area contributed by atoms with Gasteiger partial charge in [0.05, 0.1) is 10.7 Å². The van der Waals surface area contributed by atoms with Crippen LogP contribution in [-0.2, 0) is 15.6 Å². The van der Waals surface area contributed by atoms with Gasteiger partial charge < -0.3 is 11.1 Å². The van der Waals surface area contributed by atoms with Crippen molar-refractivity contribution in [2.75, 3.05) is 23.1 Å². The van der Waals surface area contributed by atoms with E-state index in [9.17, 15) is 9.00 Å². The van der Waals surface area contributed by atoms with E-state index in [1.54, 1.807) is 24.5 Å². The fourth-order valence-corrected chi connectivity index (χ4v) is 1.79. The summed E-state index contributed by atoms with van der Waals surface area (Å²) in [6.45, 7) is 0. The quantitative estimate of drug-likeness (QED) is 0.809. The smallest absolute Gasteiger partial charge is 0.225 e. The Hall–Kier alpha value is -1.07. The van der Waals surface area contributed by atoms with E-state index in [2.05, 4.69) is 5.32 Å². The van der Waals surface area contributed by atoms with Crippen LogP contribution in [0, 0.1) is 0 Å². The number of rotatable bonds is 4. The fourth-order valence-electron chi connectivity index (χ4n) is 1.08. The molecule has 1 aromatic rings. The minimum absolute atomic E-state index is 0.207. The molecule has 0 fully saturated rings. The Balaban J connectivity index is 2.59. The van der Waals surface area contributed by atoms with Gasteiger partial charge in [0.2, 0.25) is 5.91 Å². The lowest BCUT2D eigenvalue weighted by atomic mass is 10.3. The van der Waals surface area contributed by atoms with E-state index in [0.29, 0.717) is 22.2 Å². The second-order valence-corrected chi connectivity index (χ2v) is 5.28. The van der Waals surface area contributed by atoms with Crippen LogP contribution in [0.5, 0.6) is 0 Å². The highest BCUT2D eigenvalue weighted by atomic mass is 35.5. The molecule has 16 heavy (non-hydrogen) atoms. The first kappa shape index (κ1) is 13.0. The number of nitrogen functional groups attached to an aromatic ring is 1. The SMILES string of the molecule is CS(=O)CCC(=O)Nc1ccc(N)cc1Cl. The Morgan fingerprint density at radius 3 is 2.81 bits per heavy atom. The van der Waals surface area contributed by atoms with Crippen LogP contribution in [0.2, 0.25) is 5.02 Å². The first-order valence-corrected chi connectivity index (χ1v) is 6.74. The van der Waals surface area contributed by atoms with E-state index in [1.165, 1.54) is 0 Å². The van der Waals surface area contributed by atoms with Gasteiger partial charge in [0, 0.05) is 34.9 Å². The number of amides is 1. The van der Waals surface area contributed by atoms with Gasteiger partial charge in [-0.25, -0.2) is 0 Å². The number of nitrogens with two attached hydrogens (primary N) is 1. The largest absolute Gasteiger partial charge is 0.399 e. The first-order chi connectivity index (χ1) is 7.49. The highest BCUT2D eigenvalue weighted by Gasteiger charge is 2.06. The molecule has 1 aromatic carbocycles. The van der Waals surface area contributed by atoms with Crippen molar-refractivity contribution in [1.82, 2.24) is 0 Å². The van der Waals surface area contributed by atoms with Crippen LogP contribution >= 0.6 is 11.6 Å². The Morgan fingerprint density at radius 1 is 1.56 bits per heavy atom. The highest BCUT2D eigenvalue weighted by molar-refractivity contribution is 7.84. The standard InChI is InChI=1S/C10H13ClN2O2S/c1-16(15)5-4-10(14)13-9-3-2-7(12)6-8(9)11/h2-3,6H,4-5,12H2,1H3,(H,13,14). The third-order valence-corrected chi connectivity index (χ3v) is 2.98. The van der Waals surface area contributed by atoms with Crippen molar-refractivity contribution < 1.29 is 9.00 Å².